The van der Waals surface area contributed by atoms with Gasteiger partial charge in [-0.25, -0.2) is 0 Å². The molecule has 1 aliphatic carbocycles. The van der Waals surface area contributed by atoms with Crippen molar-refractivity contribution in [3.63, 3.8) is 0 Å². The molecule has 0 bridgehead atoms. The summed E-state index contributed by atoms with van der Waals surface area (Å²) in [6.07, 6.45) is 1.31. The molecule has 1 unspecified atom stereocenters. The minimum atomic E-state index is 0.374. The van der Waals surface area contributed by atoms with Crippen LogP contribution in [0.5, 0.6) is 0 Å². The fraction of sp³-hybridized carbons (Fsp3) is 0.571. The molecule has 2 aliphatic rings. The molecule has 2 atom stereocenters. The van der Waals surface area contributed by atoms with Crippen molar-refractivity contribution in [3.05, 3.63) is 33.8 Å². The Morgan fingerprint density at radius 3 is 2.65 bits per heavy atom. The monoisotopic (exact) mass is 269 g/mol. The third-order valence-corrected chi connectivity index (χ3v) is 5.14. The normalized spacial score (nSPS) is 31.9. The van der Waals surface area contributed by atoms with Gasteiger partial charge in [0, 0.05) is 24.5 Å². The number of fused-ring (bicyclic) bond motifs is 1. The van der Waals surface area contributed by atoms with Gasteiger partial charge in [0.2, 0.25) is 0 Å². The van der Waals surface area contributed by atoms with E-state index in [9.17, 15) is 0 Å². The SMILES string of the molecule is CC(C)N1CC2C[C@@]2(c2ccc(Cl)c(Cl)c2)C1. The van der Waals surface area contributed by atoms with Crippen LogP contribution in [0.4, 0.5) is 0 Å². The van der Waals surface area contributed by atoms with Gasteiger partial charge in [0.05, 0.1) is 10.0 Å². The fourth-order valence-electron chi connectivity index (χ4n) is 3.17. The second kappa shape index (κ2) is 3.88. The summed E-state index contributed by atoms with van der Waals surface area (Å²) in [6, 6.07) is 6.79. The molecule has 1 aliphatic heterocycles. The molecule has 0 spiro atoms. The maximum atomic E-state index is 6.13. The van der Waals surface area contributed by atoms with Crippen LogP contribution in [0.3, 0.4) is 0 Å². The van der Waals surface area contributed by atoms with Crippen LogP contribution in [0.1, 0.15) is 25.8 Å². The summed E-state index contributed by atoms with van der Waals surface area (Å²) in [5.41, 5.74) is 1.75. The minimum Gasteiger partial charge on any atom is -0.300 e. The lowest BCUT2D eigenvalue weighted by Crippen LogP contribution is -2.32. The van der Waals surface area contributed by atoms with Gasteiger partial charge in [0.1, 0.15) is 0 Å². The van der Waals surface area contributed by atoms with Crippen molar-refractivity contribution in [3.8, 4) is 0 Å². The first kappa shape index (κ1) is 11.8. The first-order chi connectivity index (χ1) is 8.03. The molecular weight excluding hydrogens is 253 g/mol. The number of likely N-dealkylation sites (tertiary alicyclic amines) is 1. The molecule has 3 rings (SSSR count). The van der Waals surface area contributed by atoms with Gasteiger partial charge in [0.15, 0.2) is 0 Å². The molecule has 1 aromatic carbocycles. The van der Waals surface area contributed by atoms with Crippen molar-refractivity contribution in [2.24, 2.45) is 5.92 Å². The van der Waals surface area contributed by atoms with Gasteiger partial charge in [-0.1, -0.05) is 29.3 Å². The minimum absolute atomic E-state index is 0.374. The van der Waals surface area contributed by atoms with E-state index in [4.69, 9.17) is 23.2 Å². The Morgan fingerprint density at radius 2 is 2.06 bits per heavy atom. The predicted molar refractivity (Wildman–Crippen MR) is 73.0 cm³/mol. The van der Waals surface area contributed by atoms with Gasteiger partial charge in [0.25, 0.3) is 0 Å². The second-order valence-electron chi connectivity index (χ2n) is 5.71. The number of halogens is 2. The van der Waals surface area contributed by atoms with Crippen molar-refractivity contribution in [1.82, 2.24) is 4.90 Å². The molecule has 0 amide bonds. The zero-order valence-corrected chi connectivity index (χ0v) is 11.7. The van der Waals surface area contributed by atoms with Crippen molar-refractivity contribution >= 4 is 23.2 Å². The molecule has 2 fully saturated rings. The fourth-order valence-corrected chi connectivity index (χ4v) is 3.47. The summed E-state index contributed by atoms with van der Waals surface area (Å²) >= 11 is 12.1. The number of benzene rings is 1. The third-order valence-electron chi connectivity index (χ3n) is 4.40. The van der Waals surface area contributed by atoms with E-state index in [1.807, 2.05) is 6.07 Å². The highest BCUT2D eigenvalue weighted by atomic mass is 35.5. The molecule has 0 radical (unpaired) electrons. The van der Waals surface area contributed by atoms with Crippen LogP contribution in [0.25, 0.3) is 0 Å². The van der Waals surface area contributed by atoms with Gasteiger partial charge < -0.3 is 0 Å². The summed E-state index contributed by atoms with van der Waals surface area (Å²) in [6.45, 7) is 6.95. The summed E-state index contributed by atoms with van der Waals surface area (Å²) in [5.74, 6) is 0.821. The van der Waals surface area contributed by atoms with Gasteiger partial charge in [-0.15, -0.1) is 0 Å². The Bertz CT molecular complexity index is 458. The van der Waals surface area contributed by atoms with Crippen LogP contribution in [-0.4, -0.2) is 24.0 Å². The summed E-state index contributed by atoms with van der Waals surface area (Å²) in [5, 5.41) is 1.34. The molecule has 1 saturated carbocycles. The quantitative estimate of drug-likeness (QED) is 0.785. The van der Waals surface area contributed by atoms with E-state index in [1.54, 1.807) is 0 Å². The number of rotatable bonds is 2. The number of nitrogens with zero attached hydrogens (tertiary/aromatic N) is 1. The van der Waals surface area contributed by atoms with Crippen LogP contribution < -0.4 is 0 Å². The molecule has 0 aromatic heterocycles. The van der Waals surface area contributed by atoms with Crippen molar-refractivity contribution in [2.45, 2.75) is 31.7 Å². The van der Waals surface area contributed by atoms with Crippen LogP contribution in [-0.2, 0) is 5.41 Å². The molecule has 17 heavy (non-hydrogen) atoms. The first-order valence-corrected chi connectivity index (χ1v) is 6.98. The average molecular weight is 270 g/mol. The van der Waals surface area contributed by atoms with Gasteiger partial charge >= 0.3 is 0 Å². The Balaban J connectivity index is 1.88. The molecule has 1 heterocycles. The summed E-state index contributed by atoms with van der Waals surface area (Å²) in [7, 11) is 0. The Morgan fingerprint density at radius 1 is 1.29 bits per heavy atom. The molecule has 3 heteroatoms. The number of piperidine rings is 1. The third kappa shape index (κ3) is 1.80. The molecule has 92 valence electrons. The van der Waals surface area contributed by atoms with E-state index in [2.05, 4.69) is 30.9 Å². The van der Waals surface area contributed by atoms with Gasteiger partial charge in [-0.3, -0.25) is 4.90 Å². The Labute approximate surface area is 113 Å². The van der Waals surface area contributed by atoms with E-state index >= 15 is 0 Å². The number of hydrogen-bond acceptors (Lipinski definition) is 1. The highest BCUT2D eigenvalue weighted by Gasteiger charge is 2.60. The maximum absolute atomic E-state index is 6.13. The van der Waals surface area contributed by atoms with Crippen LogP contribution in [0.15, 0.2) is 18.2 Å². The lowest BCUT2D eigenvalue weighted by molar-refractivity contribution is 0.243. The number of hydrogen-bond donors (Lipinski definition) is 0. The smallest absolute Gasteiger partial charge is 0.0595 e. The van der Waals surface area contributed by atoms with Crippen molar-refractivity contribution < 1.29 is 0 Å². The van der Waals surface area contributed by atoms with E-state index in [1.165, 1.54) is 25.1 Å². The lowest BCUT2D eigenvalue weighted by atomic mass is 9.95. The molecule has 1 nitrogen and oxygen atoms in total. The van der Waals surface area contributed by atoms with E-state index in [0.717, 1.165) is 5.92 Å². The highest BCUT2D eigenvalue weighted by Crippen LogP contribution is 2.59. The molecule has 0 N–H and O–H groups in total. The van der Waals surface area contributed by atoms with Crippen LogP contribution in [0, 0.1) is 5.92 Å². The zero-order valence-electron chi connectivity index (χ0n) is 10.2. The second-order valence-corrected chi connectivity index (χ2v) is 6.52. The first-order valence-electron chi connectivity index (χ1n) is 6.22. The lowest BCUT2D eigenvalue weighted by Gasteiger charge is -2.24. The van der Waals surface area contributed by atoms with Gasteiger partial charge in [-0.2, -0.15) is 0 Å². The van der Waals surface area contributed by atoms with Gasteiger partial charge in [-0.05, 0) is 43.9 Å². The molecule has 1 saturated heterocycles. The molecular formula is C14H17Cl2N. The van der Waals surface area contributed by atoms with E-state index in [0.29, 0.717) is 21.5 Å². The van der Waals surface area contributed by atoms with E-state index < -0.39 is 0 Å². The maximum Gasteiger partial charge on any atom is 0.0595 e. The summed E-state index contributed by atoms with van der Waals surface area (Å²) in [4.78, 5) is 2.57. The standard InChI is InChI=1S/C14H17Cl2N/c1-9(2)17-7-11-6-14(11,8-17)10-3-4-12(15)13(16)5-10/h3-5,9,11H,6-8H2,1-2H3/t11?,14-/m0/s1. The van der Waals surface area contributed by atoms with Crippen molar-refractivity contribution in [2.75, 3.05) is 13.1 Å². The van der Waals surface area contributed by atoms with Crippen molar-refractivity contribution in [1.29, 1.82) is 0 Å². The summed E-state index contributed by atoms with van der Waals surface area (Å²) < 4.78 is 0. The zero-order chi connectivity index (χ0) is 12.2. The Hall–Kier alpha value is -0.240. The largest absolute Gasteiger partial charge is 0.300 e. The predicted octanol–water partition coefficient (Wildman–Crippen LogP) is 3.98. The van der Waals surface area contributed by atoms with E-state index in [-0.39, 0.29) is 0 Å². The highest BCUT2D eigenvalue weighted by molar-refractivity contribution is 6.42. The average Bonchev–Trinajstić information content (AvgIpc) is 2.85. The van der Waals surface area contributed by atoms with Crippen LogP contribution in [0.2, 0.25) is 10.0 Å². The topological polar surface area (TPSA) is 3.24 Å². The molecule has 1 aromatic rings. The van der Waals surface area contributed by atoms with Crippen LogP contribution >= 0.6 is 23.2 Å². The Kier molecular flexibility index (Phi) is 2.70.